The zero-order valence-corrected chi connectivity index (χ0v) is 10.4. The SMILES string of the molecule is CC(=O)CCC(C(C)=O)C(=O)OCC(C)C. The number of rotatable bonds is 7. The Morgan fingerprint density at radius 1 is 1.12 bits per heavy atom. The lowest BCUT2D eigenvalue weighted by Gasteiger charge is -2.13. The second kappa shape index (κ2) is 7.14. The molecule has 0 aliphatic carbocycles. The Balaban J connectivity index is 4.24. The molecule has 0 aromatic carbocycles. The van der Waals surface area contributed by atoms with Gasteiger partial charge in [-0.05, 0) is 26.2 Å². The molecule has 1 unspecified atom stereocenters. The molecule has 0 bridgehead atoms. The van der Waals surface area contributed by atoms with Gasteiger partial charge in [0.1, 0.15) is 17.5 Å². The minimum Gasteiger partial charge on any atom is -0.465 e. The van der Waals surface area contributed by atoms with Gasteiger partial charge in [0, 0.05) is 6.42 Å². The highest BCUT2D eigenvalue weighted by molar-refractivity contribution is 5.98. The summed E-state index contributed by atoms with van der Waals surface area (Å²) in [6, 6.07) is 0. The molecule has 0 aromatic heterocycles. The lowest BCUT2D eigenvalue weighted by molar-refractivity contribution is -0.152. The van der Waals surface area contributed by atoms with Crippen LogP contribution in [-0.2, 0) is 19.1 Å². The van der Waals surface area contributed by atoms with E-state index in [1.807, 2.05) is 13.8 Å². The van der Waals surface area contributed by atoms with E-state index in [1.54, 1.807) is 0 Å². The van der Waals surface area contributed by atoms with Gasteiger partial charge < -0.3 is 9.53 Å². The van der Waals surface area contributed by atoms with Crippen LogP contribution in [0.25, 0.3) is 0 Å². The van der Waals surface area contributed by atoms with Crippen molar-refractivity contribution in [3.63, 3.8) is 0 Å². The van der Waals surface area contributed by atoms with Crippen LogP contribution in [-0.4, -0.2) is 24.1 Å². The average molecular weight is 228 g/mol. The van der Waals surface area contributed by atoms with Crippen molar-refractivity contribution in [2.45, 2.75) is 40.5 Å². The van der Waals surface area contributed by atoms with Gasteiger partial charge in [0.2, 0.25) is 0 Å². The maximum atomic E-state index is 11.5. The lowest BCUT2D eigenvalue weighted by atomic mass is 9.98. The summed E-state index contributed by atoms with van der Waals surface area (Å²) in [6.07, 6.45) is 0.489. The van der Waals surface area contributed by atoms with Crippen LogP contribution in [0, 0.1) is 11.8 Å². The highest BCUT2D eigenvalue weighted by Crippen LogP contribution is 2.11. The summed E-state index contributed by atoms with van der Waals surface area (Å²) in [7, 11) is 0. The van der Waals surface area contributed by atoms with Gasteiger partial charge in [-0.1, -0.05) is 13.8 Å². The molecule has 0 aliphatic rings. The molecular formula is C12H20O4. The van der Waals surface area contributed by atoms with Crippen LogP contribution in [0.15, 0.2) is 0 Å². The number of hydrogen-bond acceptors (Lipinski definition) is 4. The Bertz CT molecular complexity index is 268. The molecule has 92 valence electrons. The quantitative estimate of drug-likeness (QED) is 0.492. The fourth-order valence-electron chi connectivity index (χ4n) is 1.18. The molecular weight excluding hydrogens is 208 g/mol. The van der Waals surface area contributed by atoms with Gasteiger partial charge in [0.05, 0.1) is 6.61 Å². The summed E-state index contributed by atoms with van der Waals surface area (Å²) < 4.78 is 4.99. The number of ether oxygens (including phenoxy) is 1. The summed E-state index contributed by atoms with van der Waals surface area (Å²) in [5.74, 6) is -1.33. The second-order valence-corrected chi connectivity index (χ2v) is 4.43. The van der Waals surface area contributed by atoms with Gasteiger partial charge in [-0.15, -0.1) is 0 Å². The smallest absolute Gasteiger partial charge is 0.316 e. The molecule has 0 radical (unpaired) electrons. The number of hydrogen-bond donors (Lipinski definition) is 0. The summed E-state index contributed by atoms with van der Waals surface area (Å²) >= 11 is 0. The van der Waals surface area contributed by atoms with Gasteiger partial charge in [-0.3, -0.25) is 9.59 Å². The third-order valence-corrected chi connectivity index (χ3v) is 2.12. The lowest BCUT2D eigenvalue weighted by Crippen LogP contribution is -2.26. The molecule has 0 aliphatic heterocycles. The zero-order chi connectivity index (χ0) is 12.7. The van der Waals surface area contributed by atoms with Crippen molar-refractivity contribution in [3.8, 4) is 0 Å². The highest BCUT2D eigenvalue weighted by atomic mass is 16.5. The van der Waals surface area contributed by atoms with Crippen molar-refractivity contribution in [3.05, 3.63) is 0 Å². The standard InChI is InChI=1S/C12H20O4/c1-8(2)7-16-12(15)11(10(4)14)6-5-9(3)13/h8,11H,5-7H2,1-4H3. The molecule has 0 N–H and O–H groups in total. The maximum Gasteiger partial charge on any atom is 0.316 e. The summed E-state index contributed by atoms with van der Waals surface area (Å²) in [4.78, 5) is 33.6. The van der Waals surface area contributed by atoms with Crippen molar-refractivity contribution in [2.24, 2.45) is 11.8 Å². The Labute approximate surface area is 96.4 Å². The largest absolute Gasteiger partial charge is 0.465 e. The van der Waals surface area contributed by atoms with Crippen molar-refractivity contribution in [1.82, 2.24) is 0 Å². The van der Waals surface area contributed by atoms with E-state index >= 15 is 0 Å². The number of carbonyl (C=O) groups is 3. The van der Waals surface area contributed by atoms with Gasteiger partial charge in [0.25, 0.3) is 0 Å². The molecule has 0 saturated heterocycles. The van der Waals surface area contributed by atoms with E-state index in [1.165, 1.54) is 13.8 Å². The molecule has 0 spiro atoms. The van der Waals surface area contributed by atoms with E-state index in [-0.39, 0.29) is 30.3 Å². The van der Waals surface area contributed by atoms with Crippen molar-refractivity contribution >= 4 is 17.5 Å². The van der Waals surface area contributed by atoms with Crippen LogP contribution < -0.4 is 0 Å². The molecule has 0 heterocycles. The van der Waals surface area contributed by atoms with Crippen LogP contribution in [0.1, 0.15) is 40.5 Å². The monoisotopic (exact) mass is 228 g/mol. The second-order valence-electron chi connectivity index (χ2n) is 4.43. The fraction of sp³-hybridized carbons (Fsp3) is 0.750. The maximum absolute atomic E-state index is 11.5. The van der Waals surface area contributed by atoms with Crippen molar-refractivity contribution in [2.75, 3.05) is 6.61 Å². The number of Topliss-reactive ketones (excluding diaryl/α,β-unsaturated/α-hetero) is 2. The first-order valence-electron chi connectivity index (χ1n) is 5.51. The van der Waals surface area contributed by atoms with E-state index in [2.05, 4.69) is 0 Å². The van der Waals surface area contributed by atoms with Gasteiger partial charge in [-0.25, -0.2) is 0 Å². The Hall–Kier alpha value is -1.19. The van der Waals surface area contributed by atoms with E-state index in [9.17, 15) is 14.4 Å². The summed E-state index contributed by atoms with van der Waals surface area (Å²) in [6.45, 7) is 6.94. The van der Waals surface area contributed by atoms with Crippen LogP contribution in [0.5, 0.6) is 0 Å². The molecule has 16 heavy (non-hydrogen) atoms. The molecule has 0 aromatic rings. The minimum absolute atomic E-state index is 0.0251. The van der Waals surface area contributed by atoms with Crippen LogP contribution >= 0.6 is 0 Å². The average Bonchev–Trinajstić information content (AvgIpc) is 2.13. The molecule has 0 rings (SSSR count). The zero-order valence-electron chi connectivity index (χ0n) is 10.4. The number of ketones is 2. The Morgan fingerprint density at radius 2 is 1.69 bits per heavy atom. The Morgan fingerprint density at radius 3 is 2.06 bits per heavy atom. The molecule has 0 saturated carbocycles. The van der Waals surface area contributed by atoms with Crippen molar-refractivity contribution in [1.29, 1.82) is 0 Å². The van der Waals surface area contributed by atoms with Crippen molar-refractivity contribution < 1.29 is 19.1 Å². The van der Waals surface area contributed by atoms with Gasteiger partial charge in [0.15, 0.2) is 0 Å². The predicted octanol–water partition coefficient (Wildman–Crippen LogP) is 1.76. The molecule has 4 heteroatoms. The van der Waals surface area contributed by atoms with E-state index in [0.29, 0.717) is 6.61 Å². The van der Waals surface area contributed by atoms with E-state index in [4.69, 9.17) is 4.74 Å². The third-order valence-electron chi connectivity index (χ3n) is 2.12. The van der Waals surface area contributed by atoms with Crippen LogP contribution in [0.3, 0.4) is 0 Å². The summed E-state index contributed by atoms with van der Waals surface area (Å²) in [5, 5.41) is 0. The first-order valence-corrected chi connectivity index (χ1v) is 5.51. The van der Waals surface area contributed by atoms with Gasteiger partial charge in [-0.2, -0.15) is 0 Å². The van der Waals surface area contributed by atoms with E-state index < -0.39 is 11.9 Å². The highest BCUT2D eigenvalue weighted by Gasteiger charge is 2.25. The van der Waals surface area contributed by atoms with E-state index in [0.717, 1.165) is 0 Å². The fourth-order valence-corrected chi connectivity index (χ4v) is 1.18. The number of carbonyl (C=O) groups excluding carboxylic acids is 3. The normalized spacial score (nSPS) is 12.3. The molecule has 0 amide bonds. The molecule has 4 nitrogen and oxygen atoms in total. The summed E-state index contributed by atoms with van der Waals surface area (Å²) in [5.41, 5.74) is 0. The van der Waals surface area contributed by atoms with Crippen LogP contribution in [0.4, 0.5) is 0 Å². The minimum atomic E-state index is -0.789. The third kappa shape index (κ3) is 6.32. The predicted molar refractivity (Wildman–Crippen MR) is 59.9 cm³/mol. The number of esters is 1. The van der Waals surface area contributed by atoms with Gasteiger partial charge >= 0.3 is 5.97 Å². The Kier molecular flexibility index (Phi) is 6.61. The first-order chi connectivity index (χ1) is 7.34. The molecule has 1 atom stereocenters. The van der Waals surface area contributed by atoms with Crippen LogP contribution in [0.2, 0.25) is 0 Å². The first kappa shape index (κ1) is 14.8. The topological polar surface area (TPSA) is 60.4 Å². The molecule has 0 fully saturated rings.